The van der Waals surface area contributed by atoms with Gasteiger partial charge < -0.3 is 25.2 Å². The third-order valence-electron chi connectivity index (χ3n) is 2.55. The molecule has 0 bridgehead atoms. The minimum atomic E-state index is -1.60. The van der Waals surface area contributed by atoms with Crippen molar-refractivity contribution >= 4 is 5.97 Å². The molecular weight excluding hydrogens is 204 g/mol. The molecule has 1 heterocycles. The Balaban J connectivity index is 2.85. The van der Waals surface area contributed by atoms with E-state index in [0.29, 0.717) is 0 Å². The number of carboxylic acid groups (broad SMARTS) is 1. The number of hydrogen-bond donors (Lipinski definition) is 4. The van der Waals surface area contributed by atoms with Crippen molar-refractivity contribution in [2.24, 2.45) is 5.92 Å². The van der Waals surface area contributed by atoms with Gasteiger partial charge in [0.15, 0.2) is 6.10 Å². The summed E-state index contributed by atoms with van der Waals surface area (Å²) in [6, 6.07) is 0. The zero-order chi connectivity index (χ0) is 11.7. The van der Waals surface area contributed by atoms with E-state index in [1.54, 1.807) is 13.8 Å². The van der Waals surface area contributed by atoms with E-state index in [-0.39, 0.29) is 5.92 Å². The molecule has 6 heteroatoms. The lowest BCUT2D eigenvalue weighted by Gasteiger charge is -2.40. The van der Waals surface area contributed by atoms with Crippen LogP contribution in [-0.4, -0.2) is 56.9 Å². The molecule has 0 aromatic heterocycles. The van der Waals surface area contributed by atoms with E-state index in [2.05, 4.69) is 0 Å². The van der Waals surface area contributed by atoms with Crippen molar-refractivity contribution in [1.29, 1.82) is 0 Å². The Hall–Kier alpha value is -0.690. The number of aliphatic carboxylic acids is 1. The number of aliphatic hydroxyl groups is 3. The Labute approximate surface area is 87.1 Å². The fourth-order valence-electron chi connectivity index (χ4n) is 1.66. The van der Waals surface area contributed by atoms with E-state index in [1.165, 1.54) is 0 Å². The van der Waals surface area contributed by atoms with E-state index in [9.17, 15) is 20.1 Å². The predicted octanol–water partition coefficient (Wildman–Crippen LogP) is -1.42. The molecule has 0 saturated carbocycles. The van der Waals surface area contributed by atoms with E-state index in [1.807, 2.05) is 0 Å². The molecule has 1 rings (SSSR count). The van der Waals surface area contributed by atoms with E-state index >= 15 is 0 Å². The summed E-state index contributed by atoms with van der Waals surface area (Å²) in [6.07, 6.45) is -6.64. The molecule has 1 saturated heterocycles. The van der Waals surface area contributed by atoms with Gasteiger partial charge in [0.05, 0.1) is 6.10 Å². The zero-order valence-electron chi connectivity index (χ0n) is 8.57. The minimum absolute atomic E-state index is 0.149. The van der Waals surface area contributed by atoms with Crippen molar-refractivity contribution in [1.82, 2.24) is 0 Å². The molecule has 1 aliphatic heterocycles. The molecule has 0 aliphatic carbocycles. The summed E-state index contributed by atoms with van der Waals surface area (Å²) in [5.41, 5.74) is 0. The summed E-state index contributed by atoms with van der Waals surface area (Å²) in [4.78, 5) is 10.7. The average molecular weight is 220 g/mol. The molecular formula is C9H16O6. The van der Waals surface area contributed by atoms with Crippen LogP contribution >= 0.6 is 0 Å². The lowest BCUT2D eigenvalue weighted by molar-refractivity contribution is -0.235. The van der Waals surface area contributed by atoms with Crippen LogP contribution in [0.2, 0.25) is 0 Å². The first-order valence-electron chi connectivity index (χ1n) is 4.78. The molecule has 1 fully saturated rings. The van der Waals surface area contributed by atoms with Crippen LogP contribution in [0.25, 0.3) is 0 Å². The highest BCUT2D eigenvalue weighted by Gasteiger charge is 2.47. The monoisotopic (exact) mass is 220 g/mol. The minimum Gasteiger partial charge on any atom is -0.479 e. The molecule has 0 spiro atoms. The van der Waals surface area contributed by atoms with Crippen LogP contribution in [-0.2, 0) is 9.53 Å². The fourth-order valence-corrected chi connectivity index (χ4v) is 1.66. The topological polar surface area (TPSA) is 107 Å². The van der Waals surface area contributed by atoms with Gasteiger partial charge in [0.1, 0.15) is 18.3 Å². The Morgan fingerprint density at radius 2 is 1.67 bits per heavy atom. The second-order valence-electron chi connectivity index (χ2n) is 4.08. The second kappa shape index (κ2) is 4.44. The molecule has 4 N–H and O–H groups in total. The molecule has 0 radical (unpaired) electrons. The Bertz CT molecular complexity index is 241. The molecule has 0 aromatic rings. The number of carboxylic acids is 1. The molecule has 0 amide bonds. The molecule has 5 atom stereocenters. The standard InChI is InChI=1S/C9H16O6/c1-3(2)7-5(11)4(10)6(12)8(15-7)9(13)14/h3-8,10-12H,1-2H3,(H,13,14). The van der Waals surface area contributed by atoms with Gasteiger partial charge in [-0.1, -0.05) is 13.8 Å². The highest BCUT2D eigenvalue weighted by Crippen LogP contribution is 2.25. The van der Waals surface area contributed by atoms with Crippen LogP contribution in [0.15, 0.2) is 0 Å². The first-order chi connectivity index (χ1) is 6.86. The van der Waals surface area contributed by atoms with Gasteiger partial charge in [-0.2, -0.15) is 0 Å². The molecule has 88 valence electrons. The summed E-state index contributed by atoms with van der Waals surface area (Å²) in [6.45, 7) is 3.47. The lowest BCUT2D eigenvalue weighted by Crippen LogP contribution is -2.60. The largest absolute Gasteiger partial charge is 0.479 e. The quantitative estimate of drug-likeness (QED) is 0.455. The number of rotatable bonds is 2. The SMILES string of the molecule is CC(C)C1OC(C(=O)O)C(O)C(O)C1O. The van der Waals surface area contributed by atoms with Crippen molar-refractivity contribution in [3.63, 3.8) is 0 Å². The normalized spacial score (nSPS) is 41.9. The van der Waals surface area contributed by atoms with Gasteiger partial charge >= 0.3 is 5.97 Å². The Morgan fingerprint density at radius 3 is 2.07 bits per heavy atom. The smallest absolute Gasteiger partial charge is 0.335 e. The molecule has 0 aromatic carbocycles. The van der Waals surface area contributed by atoms with Gasteiger partial charge in [-0.15, -0.1) is 0 Å². The maximum absolute atomic E-state index is 10.7. The van der Waals surface area contributed by atoms with Crippen molar-refractivity contribution < 1.29 is 30.0 Å². The maximum Gasteiger partial charge on any atom is 0.335 e. The van der Waals surface area contributed by atoms with Crippen molar-refractivity contribution in [3.8, 4) is 0 Å². The summed E-state index contributed by atoms with van der Waals surface area (Å²) in [5.74, 6) is -1.50. The number of aliphatic hydroxyl groups excluding tert-OH is 3. The predicted molar refractivity (Wildman–Crippen MR) is 49.2 cm³/mol. The second-order valence-corrected chi connectivity index (χ2v) is 4.08. The maximum atomic E-state index is 10.7. The number of ether oxygens (including phenoxy) is 1. The highest BCUT2D eigenvalue weighted by molar-refractivity contribution is 5.73. The summed E-state index contributed by atoms with van der Waals surface area (Å²) < 4.78 is 5.04. The van der Waals surface area contributed by atoms with Crippen LogP contribution in [0.1, 0.15) is 13.8 Å². The van der Waals surface area contributed by atoms with E-state index < -0.39 is 36.5 Å². The van der Waals surface area contributed by atoms with Crippen LogP contribution in [0.3, 0.4) is 0 Å². The molecule has 6 nitrogen and oxygen atoms in total. The Kier molecular flexibility index (Phi) is 3.67. The van der Waals surface area contributed by atoms with E-state index in [0.717, 1.165) is 0 Å². The van der Waals surface area contributed by atoms with Crippen LogP contribution in [0.5, 0.6) is 0 Å². The number of hydrogen-bond acceptors (Lipinski definition) is 5. The van der Waals surface area contributed by atoms with Crippen LogP contribution < -0.4 is 0 Å². The molecule has 5 unspecified atom stereocenters. The van der Waals surface area contributed by atoms with Crippen molar-refractivity contribution in [3.05, 3.63) is 0 Å². The van der Waals surface area contributed by atoms with Crippen LogP contribution in [0.4, 0.5) is 0 Å². The first-order valence-corrected chi connectivity index (χ1v) is 4.78. The number of carbonyl (C=O) groups is 1. The van der Waals surface area contributed by atoms with Crippen LogP contribution in [0, 0.1) is 5.92 Å². The van der Waals surface area contributed by atoms with Gasteiger partial charge in [0, 0.05) is 0 Å². The van der Waals surface area contributed by atoms with Gasteiger partial charge in [0.25, 0.3) is 0 Å². The summed E-state index contributed by atoms with van der Waals surface area (Å²) >= 11 is 0. The summed E-state index contributed by atoms with van der Waals surface area (Å²) in [7, 11) is 0. The van der Waals surface area contributed by atoms with Gasteiger partial charge in [-0.05, 0) is 5.92 Å². The van der Waals surface area contributed by atoms with Crippen molar-refractivity contribution in [2.45, 2.75) is 44.4 Å². The molecule has 15 heavy (non-hydrogen) atoms. The molecule has 1 aliphatic rings. The van der Waals surface area contributed by atoms with E-state index in [4.69, 9.17) is 9.84 Å². The van der Waals surface area contributed by atoms with Gasteiger partial charge in [0.2, 0.25) is 0 Å². The summed E-state index contributed by atoms with van der Waals surface area (Å²) in [5, 5.41) is 37.1. The lowest BCUT2D eigenvalue weighted by atomic mass is 9.89. The Morgan fingerprint density at radius 1 is 1.13 bits per heavy atom. The fraction of sp³-hybridized carbons (Fsp3) is 0.889. The van der Waals surface area contributed by atoms with Gasteiger partial charge in [-0.3, -0.25) is 0 Å². The van der Waals surface area contributed by atoms with Gasteiger partial charge in [-0.25, -0.2) is 4.79 Å². The van der Waals surface area contributed by atoms with Crippen molar-refractivity contribution in [2.75, 3.05) is 0 Å². The zero-order valence-corrected chi connectivity index (χ0v) is 8.57. The third-order valence-corrected chi connectivity index (χ3v) is 2.55. The highest BCUT2D eigenvalue weighted by atomic mass is 16.6. The average Bonchev–Trinajstić information content (AvgIpc) is 2.13. The first kappa shape index (κ1) is 12.4. The third kappa shape index (κ3) is 2.28.